The summed E-state index contributed by atoms with van der Waals surface area (Å²) in [6, 6.07) is 2.10. The van der Waals surface area contributed by atoms with E-state index in [4.69, 9.17) is 5.26 Å². The van der Waals surface area contributed by atoms with Gasteiger partial charge in [-0.1, -0.05) is 12.5 Å². The van der Waals surface area contributed by atoms with Crippen LogP contribution in [0.25, 0.3) is 0 Å². The number of aliphatic hydroxyl groups is 1. The van der Waals surface area contributed by atoms with E-state index >= 15 is 0 Å². The molecular weight excluding hydrogens is 398 g/mol. The number of hydrogen-bond acceptors (Lipinski definition) is 4. The van der Waals surface area contributed by atoms with Gasteiger partial charge in [0, 0.05) is 17.5 Å². The van der Waals surface area contributed by atoms with Crippen molar-refractivity contribution >= 4 is 5.78 Å². The van der Waals surface area contributed by atoms with Crippen molar-refractivity contribution in [2.24, 2.45) is 40.4 Å². The van der Waals surface area contributed by atoms with Crippen molar-refractivity contribution in [2.75, 3.05) is 0 Å². The number of ketones is 1. The Labute approximate surface area is 190 Å². The minimum absolute atomic E-state index is 0.100. The highest BCUT2D eigenvalue weighted by Gasteiger charge is 2.69. The molecule has 0 aromatic carbocycles. The van der Waals surface area contributed by atoms with E-state index in [1.54, 1.807) is 17.1 Å². The first-order valence-electron chi connectivity index (χ1n) is 12.6. The highest BCUT2D eigenvalue weighted by molar-refractivity contribution is 5.82. The lowest BCUT2D eigenvalue weighted by atomic mass is 9.47. The summed E-state index contributed by atoms with van der Waals surface area (Å²) in [6.07, 6.45) is 12.3. The molecule has 170 valence electrons. The molecule has 0 radical (unpaired) electrons. The summed E-state index contributed by atoms with van der Waals surface area (Å²) < 4.78 is 1.64. The fourth-order valence-corrected chi connectivity index (χ4v) is 9.64. The van der Waals surface area contributed by atoms with E-state index in [1.165, 1.54) is 36.8 Å². The largest absolute Gasteiger partial charge is 0.386 e. The summed E-state index contributed by atoms with van der Waals surface area (Å²) >= 11 is 0. The van der Waals surface area contributed by atoms with Crippen LogP contribution in [0.1, 0.15) is 77.7 Å². The minimum Gasteiger partial charge on any atom is -0.386 e. The third-order valence-corrected chi connectivity index (χ3v) is 10.9. The summed E-state index contributed by atoms with van der Waals surface area (Å²) in [5, 5.41) is 24.3. The lowest BCUT2D eigenvalue weighted by molar-refractivity contribution is -0.131. The summed E-state index contributed by atoms with van der Waals surface area (Å²) in [5.41, 5.74) is 3.17. The monoisotopic (exact) mass is 433 g/mol. The first-order chi connectivity index (χ1) is 15.2. The van der Waals surface area contributed by atoms with Gasteiger partial charge in [0.15, 0.2) is 5.78 Å². The topological polar surface area (TPSA) is 78.9 Å². The number of Topliss-reactive ketones (excluding diaryl/α,β-unsaturated/α-hetero) is 1. The van der Waals surface area contributed by atoms with Crippen molar-refractivity contribution in [3.63, 3.8) is 0 Å². The molecule has 1 N–H and O–H groups in total. The van der Waals surface area contributed by atoms with Gasteiger partial charge in [-0.3, -0.25) is 9.48 Å². The van der Waals surface area contributed by atoms with Gasteiger partial charge < -0.3 is 5.11 Å². The van der Waals surface area contributed by atoms with E-state index in [0.717, 1.165) is 37.5 Å². The van der Waals surface area contributed by atoms with Crippen LogP contribution in [-0.4, -0.2) is 26.3 Å². The van der Waals surface area contributed by atoms with Crippen LogP contribution in [-0.2, 0) is 11.3 Å². The predicted molar refractivity (Wildman–Crippen MR) is 120 cm³/mol. The molecule has 5 aliphatic rings. The van der Waals surface area contributed by atoms with Crippen molar-refractivity contribution < 1.29 is 9.90 Å². The van der Waals surface area contributed by atoms with Gasteiger partial charge in [-0.15, -0.1) is 0 Å². The normalized spacial score (nSPS) is 46.5. The lowest BCUT2D eigenvalue weighted by Crippen LogP contribution is -2.52. The van der Waals surface area contributed by atoms with Crippen molar-refractivity contribution in [3.8, 4) is 6.07 Å². The minimum atomic E-state index is -0.584. The molecule has 1 spiro atoms. The molecule has 1 aromatic heterocycles. The first-order valence-corrected chi connectivity index (χ1v) is 12.6. The van der Waals surface area contributed by atoms with Gasteiger partial charge in [-0.05, 0) is 99.9 Å². The van der Waals surface area contributed by atoms with Crippen LogP contribution in [0.3, 0.4) is 0 Å². The van der Waals surface area contributed by atoms with Gasteiger partial charge in [0.25, 0.3) is 0 Å². The molecule has 1 unspecified atom stereocenters. The molecule has 5 nitrogen and oxygen atoms in total. The second-order valence-electron chi connectivity index (χ2n) is 12.0. The maximum Gasteiger partial charge on any atom is 0.157 e. The van der Waals surface area contributed by atoms with Crippen molar-refractivity contribution in [1.82, 2.24) is 9.78 Å². The summed E-state index contributed by atoms with van der Waals surface area (Å²) in [4.78, 5) is 13.4. The quantitative estimate of drug-likeness (QED) is 0.704. The van der Waals surface area contributed by atoms with Crippen molar-refractivity contribution in [1.29, 1.82) is 5.26 Å². The Morgan fingerprint density at radius 3 is 2.66 bits per heavy atom. The number of carbonyl (C=O) groups is 1. The van der Waals surface area contributed by atoms with Gasteiger partial charge in [0.05, 0.1) is 23.9 Å². The van der Waals surface area contributed by atoms with E-state index in [-0.39, 0.29) is 23.3 Å². The molecule has 1 aromatic rings. The molecule has 8 atom stereocenters. The number of allylic oxidation sites excluding steroid dienone is 1. The molecule has 1 heterocycles. The zero-order valence-corrected chi connectivity index (χ0v) is 19.6. The van der Waals surface area contributed by atoms with Crippen LogP contribution < -0.4 is 0 Å². The number of fused-ring (bicyclic) bond motifs is 4. The Morgan fingerprint density at radius 1 is 1.16 bits per heavy atom. The highest BCUT2D eigenvalue weighted by Crippen LogP contribution is 2.76. The molecule has 0 amide bonds. The molecule has 4 fully saturated rings. The molecule has 0 bridgehead atoms. The average molecular weight is 434 g/mol. The predicted octanol–water partition coefficient (Wildman–Crippen LogP) is 4.65. The fourth-order valence-electron chi connectivity index (χ4n) is 9.64. The van der Waals surface area contributed by atoms with Crippen molar-refractivity contribution in [2.45, 2.75) is 84.3 Å². The van der Waals surface area contributed by atoms with Crippen LogP contribution in [0.5, 0.6) is 0 Å². The maximum absolute atomic E-state index is 13.4. The summed E-state index contributed by atoms with van der Waals surface area (Å²) in [5.74, 6) is 3.25. The van der Waals surface area contributed by atoms with Gasteiger partial charge in [-0.25, -0.2) is 0 Å². The van der Waals surface area contributed by atoms with Crippen LogP contribution in [0.4, 0.5) is 0 Å². The van der Waals surface area contributed by atoms with Gasteiger partial charge in [0.1, 0.15) is 6.07 Å². The zero-order chi connectivity index (χ0) is 22.5. The average Bonchev–Trinajstić information content (AvgIpc) is 3.07. The molecular formula is C27H35N3O2. The van der Waals surface area contributed by atoms with E-state index in [0.29, 0.717) is 23.2 Å². The lowest BCUT2D eigenvalue weighted by Gasteiger charge is -2.57. The number of aromatic nitrogens is 2. The Bertz CT molecular complexity index is 1060. The zero-order valence-electron chi connectivity index (χ0n) is 19.6. The molecule has 0 saturated heterocycles. The standard InChI is InChI=1S/C27H35N3O2/c1-16-24-26(3,32)10-8-21-19-6-9-25(2)20(18(19)7-11-27(16,21)24)4-5-22(25)23(31)15-30-14-17(12-28)13-29-30/h13-14,18-22,32H,4-11,15H2,1-3H3/t18-,19+,20+,21-,22?,25+,26-,27-/m1/s1. The second kappa shape index (κ2) is 6.56. The summed E-state index contributed by atoms with van der Waals surface area (Å²) in [6.45, 7) is 7.01. The third kappa shape index (κ3) is 2.54. The molecule has 0 aliphatic heterocycles. The number of nitrogens with zero attached hydrogens (tertiary/aromatic N) is 3. The third-order valence-electron chi connectivity index (χ3n) is 10.9. The van der Waals surface area contributed by atoms with E-state index < -0.39 is 5.60 Å². The molecule has 5 heteroatoms. The summed E-state index contributed by atoms with van der Waals surface area (Å²) in [7, 11) is 0. The van der Waals surface area contributed by atoms with E-state index in [2.05, 4.69) is 25.0 Å². The number of rotatable bonds is 3. The van der Waals surface area contributed by atoms with Crippen LogP contribution in [0.15, 0.2) is 23.5 Å². The number of hydrogen-bond donors (Lipinski definition) is 1. The van der Waals surface area contributed by atoms with Crippen LogP contribution in [0, 0.1) is 51.8 Å². The smallest absolute Gasteiger partial charge is 0.157 e. The van der Waals surface area contributed by atoms with Crippen molar-refractivity contribution in [3.05, 3.63) is 29.1 Å². The van der Waals surface area contributed by atoms with Gasteiger partial charge in [0.2, 0.25) is 0 Å². The Balaban J connectivity index is 1.21. The maximum atomic E-state index is 13.4. The van der Waals surface area contributed by atoms with Gasteiger partial charge >= 0.3 is 0 Å². The highest BCUT2D eigenvalue weighted by atomic mass is 16.3. The number of nitriles is 1. The Hall–Kier alpha value is -1.93. The first kappa shape index (κ1) is 20.7. The Morgan fingerprint density at radius 2 is 1.91 bits per heavy atom. The molecule has 32 heavy (non-hydrogen) atoms. The molecule has 4 saturated carbocycles. The Kier molecular flexibility index (Phi) is 4.24. The second-order valence-corrected chi connectivity index (χ2v) is 12.0. The van der Waals surface area contributed by atoms with Gasteiger partial charge in [-0.2, -0.15) is 10.4 Å². The number of carbonyl (C=O) groups excluding carboxylic acids is 1. The van der Waals surface area contributed by atoms with Crippen LogP contribution in [0.2, 0.25) is 0 Å². The van der Waals surface area contributed by atoms with E-state index in [9.17, 15) is 9.90 Å². The van der Waals surface area contributed by atoms with E-state index in [1.807, 2.05) is 6.92 Å². The fraction of sp³-hybridized carbons (Fsp3) is 0.741. The molecule has 6 rings (SSSR count). The molecule has 5 aliphatic carbocycles. The SMILES string of the molecule is CC1=C2[C@]13CC[C@@H]1[C@H](CC[C@]4(C)C(C(=O)Cn5cc(C#N)cn5)CC[C@@H]14)[C@H]3CC[C@@]2(C)O. The van der Waals surface area contributed by atoms with Crippen LogP contribution >= 0.6 is 0 Å².